The molecule has 0 saturated heterocycles. The van der Waals surface area contributed by atoms with Crippen LogP contribution in [0, 0.1) is 0 Å². The highest BCUT2D eigenvalue weighted by molar-refractivity contribution is 4.72. The fourth-order valence-electron chi connectivity index (χ4n) is 1.54. The number of hydrogen-bond donors (Lipinski definition) is 0. The van der Waals surface area contributed by atoms with Crippen LogP contribution in [0.5, 0.6) is 0 Å². The van der Waals surface area contributed by atoms with Crippen molar-refractivity contribution in [1.82, 2.24) is 4.68 Å². The zero-order valence-corrected chi connectivity index (χ0v) is 6.16. The smallest absolute Gasteiger partial charge is 0.161 e. The Bertz CT molecular complexity index is 194. The molecule has 1 aromatic heterocycles. The average molecular weight is 137 g/mol. The van der Waals surface area contributed by atoms with E-state index in [0.29, 0.717) is 0 Å². The summed E-state index contributed by atoms with van der Waals surface area (Å²) in [5.74, 6) is 0. The van der Waals surface area contributed by atoms with Crippen molar-refractivity contribution in [3.63, 3.8) is 0 Å². The molecule has 10 heavy (non-hydrogen) atoms. The second kappa shape index (κ2) is 2.45. The summed E-state index contributed by atoms with van der Waals surface area (Å²) in [7, 11) is 0. The van der Waals surface area contributed by atoms with Crippen molar-refractivity contribution in [2.75, 3.05) is 0 Å². The first kappa shape index (κ1) is 5.96. The summed E-state index contributed by atoms with van der Waals surface area (Å²) in [6, 6.07) is 2.12. The van der Waals surface area contributed by atoms with Crippen LogP contribution in [0.3, 0.4) is 0 Å². The summed E-state index contributed by atoms with van der Waals surface area (Å²) in [5, 5.41) is 0. The lowest BCUT2D eigenvalue weighted by molar-refractivity contribution is -0.773. The summed E-state index contributed by atoms with van der Waals surface area (Å²) in [5.41, 5.74) is 0. The van der Waals surface area contributed by atoms with Gasteiger partial charge in [0.25, 0.3) is 0 Å². The number of aryl methyl sites for hydroxylation is 2. The Labute approximate surface area is 61.1 Å². The summed E-state index contributed by atoms with van der Waals surface area (Å²) in [4.78, 5) is 0. The van der Waals surface area contributed by atoms with Gasteiger partial charge in [-0.25, -0.2) is 0 Å². The summed E-state index contributed by atoms with van der Waals surface area (Å²) >= 11 is 0. The lowest BCUT2D eigenvalue weighted by Gasteiger charge is -1.93. The fourth-order valence-corrected chi connectivity index (χ4v) is 1.54. The molecule has 0 radical (unpaired) electrons. The minimum absolute atomic E-state index is 1.20. The molecule has 0 fully saturated rings. The van der Waals surface area contributed by atoms with Crippen LogP contribution >= 0.6 is 0 Å². The summed E-state index contributed by atoms with van der Waals surface area (Å²) in [6.45, 7) is 2.40. The van der Waals surface area contributed by atoms with E-state index in [0.717, 1.165) is 0 Å². The van der Waals surface area contributed by atoms with E-state index < -0.39 is 0 Å². The number of aromatic nitrogens is 2. The van der Waals surface area contributed by atoms with E-state index in [9.17, 15) is 0 Å². The van der Waals surface area contributed by atoms with E-state index in [4.69, 9.17) is 0 Å². The zero-order valence-electron chi connectivity index (χ0n) is 6.16. The second-order valence-electron chi connectivity index (χ2n) is 2.88. The van der Waals surface area contributed by atoms with E-state index >= 15 is 0 Å². The molecule has 0 bridgehead atoms. The maximum atomic E-state index is 2.30. The Kier molecular flexibility index (Phi) is 1.46. The van der Waals surface area contributed by atoms with Gasteiger partial charge >= 0.3 is 0 Å². The first-order chi connectivity index (χ1) is 4.97. The van der Waals surface area contributed by atoms with Gasteiger partial charge in [0.2, 0.25) is 0 Å². The monoisotopic (exact) mass is 137 g/mol. The third-order valence-electron chi connectivity index (χ3n) is 2.12. The molecule has 1 aliphatic heterocycles. The highest BCUT2D eigenvalue weighted by Crippen LogP contribution is 2.01. The fraction of sp³-hybridized carbons (Fsp3) is 0.625. The highest BCUT2D eigenvalue weighted by atomic mass is 15.4. The van der Waals surface area contributed by atoms with Crippen molar-refractivity contribution in [3.8, 4) is 0 Å². The van der Waals surface area contributed by atoms with E-state index in [2.05, 4.69) is 27.8 Å². The van der Waals surface area contributed by atoms with Crippen molar-refractivity contribution >= 4 is 0 Å². The molecular weight excluding hydrogens is 124 g/mol. The van der Waals surface area contributed by atoms with Crippen LogP contribution in [0.1, 0.15) is 19.3 Å². The summed E-state index contributed by atoms with van der Waals surface area (Å²) in [6.07, 6.45) is 8.38. The molecule has 0 amide bonds. The standard InChI is InChI=1S/C8H13N2/c1-2-5-9-7-4-8-10(9)6-3-1/h4,7-8H,1-3,5-6H2/q+1. The Hall–Kier alpha value is -0.790. The summed E-state index contributed by atoms with van der Waals surface area (Å²) < 4.78 is 4.60. The van der Waals surface area contributed by atoms with Crippen molar-refractivity contribution in [2.45, 2.75) is 32.4 Å². The quantitative estimate of drug-likeness (QED) is 0.471. The molecule has 2 rings (SSSR count). The van der Waals surface area contributed by atoms with Gasteiger partial charge < -0.3 is 0 Å². The third-order valence-corrected chi connectivity index (χ3v) is 2.12. The van der Waals surface area contributed by atoms with Crippen molar-refractivity contribution in [1.29, 1.82) is 0 Å². The van der Waals surface area contributed by atoms with Gasteiger partial charge in [-0.3, -0.25) is 0 Å². The number of nitrogens with zero attached hydrogens (tertiary/aromatic N) is 2. The molecule has 0 aromatic carbocycles. The Morgan fingerprint density at radius 3 is 3.20 bits per heavy atom. The van der Waals surface area contributed by atoms with Crippen LogP contribution in [0.25, 0.3) is 0 Å². The Morgan fingerprint density at radius 2 is 2.20 bits per heavy atom. The van der Waals surface area contributed by atoms with Crippen LogP contribution in [-0.2, 0) is 13.1 Å². The number of rotatable bonds is 0. The normalized spacial score (nSPS) is 18.0. The minimum Gasteiger partial charge on any atom is -0.161 e. The van der Waals surface area contributed by atoms with Gasteiger partial charge in [0, 0.05) is 12.5 Å². The molecule has 54 valence electrons. The Morgan fingerprint density at radius 1 is 1.20 bits per heavy atom. The van der Waals surface area contributed by atoms with E-state index in [1.54, 1.807) is 0 Å². The molecule has 1 aliphatic rings. The minimum atomic E-state index is 1.20. The molecule has 0 atom stereocenters. The van der Waals surface area contributed by atoms with Crippen LogP contribution in [0.15, 0.2) is 18.5 Å². The molecule has 1 aromatic rings. The predicted octanol–water partition coefficient (Wildman–Crippen LogP) is 0.960. The number of fused-ring (bicyclic) bond motifs is 1. The number of hydrogen-bond acceptors (Lipinski definition) is 0. The van der Waals surface area contributed by atoms with Gasteiger partial charge in [-0.15, -0.1) is 4.68 Å². The Balaban J connectivity index is 2.28. The van der Waals surface area contributed by atoms with Gasteiger partial charge in [-0.1, -0.05) is 0 Å². The van der Waals surface area contributed by atoms with E-state index in [1.807, 2.05) is 0 Å². The van der Waals surface area contributed by atoms with Gasteiger partial charge in [-0.05, 0) is 12.8 Å². The molecule has 2 heteroatoms. The van der Waals surface area contributed by atoms with Crippen LogP contribution in [0.4, 0.5) is 0 Å². The van der Waals surface area contributed by atoms with Crippen LogP contribution in [-0.4, -0.2) is 4.68 Å². The van der Waals surface area contributed by atoms with Gasteiger partial charge in [0.15, 0.2) is 12.7 Å². The lowest BCUT2D eigenvalue weighted by atomic mass is 10.2. The maximum absolute atomic E-state index is 2.30. The third kappa shape index (κ3) is 0.939. The topological polar surface area (TPSA) is 8.81 Å². The van der Waals surface area contributed by atoms with Gasteiger partial charge in [0.05, 0.1) is 12.7 Å². The van der Waals surface area contributed by atoms with Crippen LogP contribution in [0.2, 0.25) is 0 Å². The van der Waals surface area contributed by atoms with E-state index in [-0.39, 0.29) is 0 Å². The van der Waals surface area contributed by atoms with Crippen molar-refractivity contribution in [3.05, 3.63) is 18.5 Å². The zero-order chi connectivity index (χ0) is 6.81. The largest absolute Gasteiger partial charge is 0.195 e. The first-order valence-corrected chi connectivity index (χ1v) is 4.02. The second-order valence-corrected chi connectivity index (χ2v) is 2.88. The molecule has 0 N–H and O–H groups in total. The molecule has 2 nitrogen and oxygen atoms in total. The first-order valence-electron chi connectivity index (χ1n) is 4.02. The van der Waals surface area contributed by atoms with Crippen LogP contribution < -0.4 is 4.68 Å². The van der Waals surface area contributed by atoms with Crippen molar-refractivity contribution in [2.24, 2.45) is 0 Å². The predicted molar refractivity (Wildman–Crippen MR) is 38.5 cm³/mol. The van der Waals surface area contributed by atoms with Gasteiger partial charge in [0.1, 0.15) is 0 Å². The molecule has 0 saturated carbocycles. The lowest BCUT2D eigenvalue weighted by Crippen LogP contribution is -2.40. The van der Waals surface area contributed by atoms with Crippen molar-refractivity contribution < 1.29 is 4.68 Å². The SMILES string of the molecule is c1cn2[n+](c1)CCCCC2. The molecule has 0 spiro atoms. The molecule has 0 unspecified atom stereocenters. The molecule has 2 heterocycles. The average Bonchev–Trinajstić information content (AvgIpc) is 2.28. The van der Waals surface area contributed by atoms with E-state index in [1.165, 1.54) is 32.4 Å². The van der Waals surface area contributed by atoms with Gasteiger partial charge in [-0.2, -0.15) is 4.68 Å². The molecule has 0 aliphatic carbocycles. The molecular formula is C8H13N2+. The maximum Gasteiger partial charge on any atom is 0.195 e. The highest BCUT2D eigenvalue weighted by Gasteiger charge is 2.10.